The van der Waals surface area contributed by atoms with Gasteiger partial charge in [-0.3, -0.25) is 0 Å². The highest BCUT2D eigenvalue weighted by molar-refractivity contribution is 6.99. The van der Waals surface area contributed by atoms with Crippen LogP contribution in [0.25, 0.3) is 22.3 Å². The normalized spacial score (nSPS) is 13.1. The molecule has 2 nitrogen and oxygen atoms in total. The zero-order valence-corrected chi connectivity index (χ0v) is 24.7. The van der Waals surface area contributed by atoms with Crippen LogP contribution < -0.4 is 26.0 Å². The minimum atomic E-state index is -0.0643. The molecule has 0 saturated carbocycles. The summed E-state index contributed by atoms with van der Waals surface area (Å²) in [5.41, 5.74) is 13.3. The molecule has 0 aromatic heterocycles. The molecule has 8 rings (SSSR count). The van der Waals surface area contributed by atoms with Crippen LogP contribution in [-0.4, -0.2) is 6.71 Å². The van der Waals surface area contributed by atoms with Gasteiger partial charge in [0.05, 0.1) is 5.69 Å². The maximum Gasteiger partial charge on any atom is 0.256 e. The molecule has 0 radical (unpaired) electrons. The topological polar surface area (TPSA) is 12.5 Å². The van der Waals surface area contributed by atoms with E-state index in [1.54, 1.807) is 0 Å². The third-order valence-electron chi connectivity index (χ3n) is 8.88. The van der Waals surface area contributed by atoms with Crippen LogP contribution in [0, 0.1) is 0 Å². The third-order valence-corrected chi connectivity index (χ3v) is 8.88. The smallest absolute Gasteiger partial charge is 0.256 e. The first-order valence-electron chi connectivity index (χ1n) is 15.1. The van der Waals surface area contributed by atoms with Crippen molar-refractivity contribution in [1.29, 1.82) is 0 Å². The van der Waals surface area contributed by atoms with E-state index in [9.17, 15) is 0 Å². The van der Waals surface area contributed by atoms with Crippen molar-refractivity contribution in [2.45, 2.75) is 26.2 Å². The highest BCUT2D eigenvalue weighted by atomic mass is 16.5. The number of hydrogen-bond acceptors (Lipinski definition) is 2. The Bertz CT molecular complexity index is 1930. The van der Waals surface area contributed by atoms with Crippen LogP contribution in [0.2, 0.25) is 0 Å². The van der Waals surface area contributed by atoms with Gasteiger partial charge in [0, 0.05) is 22.5 Å². The number of ether oxygens (including phenoxy) is 1. The molecule has 0 N–H and O–H groups in total. The molecule has 0 amide bonds. The number of rotatable bonds is 3. The Morgan fingerprint density at radius 3 is 1.77 bits per heavy atom. The van der Waals surface area contributed by atoms with E-state index in [1.165, 1.54) is 61.3 Å². The first-order chi connectivity index (χ1) is 21.0. The standard InChI is InChI=1S/C40H32BNO/c1-40(2,3)29-25-35-38-37(26-29)43-36-24-13-11-22-33(36)41(38)32-21-10-12-23-34(32)42(35)39-30(27-15-6-4-7-16-27)19-14-20-31(39)28-17-8-5-9-18-28/h4-26H,1-3H3. The summed E-state index contributed by atoms with van der Waals surface area (Å²) in [6.07, 6.45) is 0. The Kier molecular flexibility index (Phi) is 5.84. The van der Waals surface area contributed by atoms with Crippen molar-refractivity contribution in [3.05, 3.63) is 145 Å². The number of fused-ring (bicyclic) bond motifs is 4. The van der Waals surface area contributed by atoms with E-state index in [2.05, 4.69) is 165 Å². The summed E-state index contributed by atoms with van der Waals surface area (Å²) in [5.74, 6) is 1.89. The van der Waals surface area contributed by atoms with Crippen LogP contribution in [0.3, 0.4) is 0 Å². The summed E-state index contributed by atoms with van der Waals surface area (Å²) in [4.78, 5) is 2.52. The zero-order chi connectivity index (χ0) is 29.1. The maximum absolute atomic E-state index is 6.76. The van der Waals surface area contributed by atoms with Gasteiger partial charge in [0.1, 0.15) is 11.5 Å². The largest absolute Gasteiger partial charge is 0.458 e. The molecule has 6 aromatic carbocycles. The molecule has 3 heteroatoms. The fraction of sp³-hybridized carbons (Fsp3) is 0.100. The molecule has 0 fully saturated rings. The molecular weight excluding hydrogens is 521 g/mol. The summed E-state index contributed by atoms with van der Waals surface area (Å²) < 4.78 is 6.76. The summed E-state index contributed by atoms with van der Waals surface area (Å²) in [7, 11) is 0. The quantitative estimate of drug-likeness (QED) is 0.203. The second-order valence-corrected chi connectivity index (χ2v) is 12.6. The second kappa shape index (κ2) is 9.78. The Balaban J connectivity index is 1.51. The molecule has 0 spiro atoms. The van der Waals surface area contributed by atoms with E-state index in [4.69, 9.17) is 4.74 Å². The van der Waals surface area contributed by atoms with Gasteiger partial charge in [-0.05, 0) is 62.8 Å². The average molecular weight is 554 g/mol. The monoisotopic (exact) mass is 553 g/mol. The van der Waals surface area contributed by atoms with Gasteiger partial charge in [-0.2, -0.15) is 0 Å². The van der Waals surface area contributed by atoms with Gasteiger partial charge in [-0.1, -0.05) is 136 Å². The van der Waals surface area contributed by atoms with Gasteiger partial charge in [0.2, 0.25) is 0 Å². The van der Waals surface area contributed by atoms with Crippen molar-refractivity contribution in [2.75, 3.05) is 4.90 Å². The minimum absolute atomic E-state index is 0.0643. The van der Waals surface area contributed by atoms with Gasteiger partial charge in [-0.25, -0.2) is 0 Å². The molecule has 2 aliphatic heterocycles. The fourth-order valence-corrected chi connectivity index (χ4v) is 6.81. The van der Waals surface area contributed by atoms with Gasteiger partial charge >= 0.3 is 0 Å². The molecule has 0 atom stereocenters. The second-order valence-electron chi connectivity index (χ2n) is 12.6. The molecule has 2 heterocycles. The minimum Gasteiger partial charge on any atom is -0.458 e. The predicted molar refractivity (Wildman–Crippen MR) is 182 cm³/mol. The summed E-state index contributed by atoms with van der Waals surface area (Å²) >= 11 is 0. The summed E-state index contributed by atoms with van der Waals surface area (Å²) in [6.45, 7) is 6.93. The lowest BCUT2D eigenvalue weighted by molar-refractivity contribution is 0.483. The number of benzene rings is 6. The van der Waals surface area contributed by atoms with E-state index in [-0.39, 0.29) is 12.1 Å². The molecule has 43 heavy (non-hydrogen) atoms. The molecule has 2 aliphatic rings. The third kappa shape index (κ3) is 4.11. The number of anilines is 3. The first kappa shape index (κ1) is 25.7. The lowest BCUT2D eigenvalue weighted by Crippen LogP contribution is -2.59. The maximum atomic E-state index is 6.76. The van der Waals surface area contributed by atoms with Crippen LogP contribution in [0.1, 0.15) is 26.3 Å². The fourth-order valence-electron chi connectivity index (χ4n) is 6.81. The Morgan fingerprint density at radius 2 is 1.12 bits per heavy atom. The molecule has 206 valence electrons. The molecule has 0 aliphatic carbocycles. The molecule has 0 saturated heterocycles. The van der Waals surface area contributed by atoms with Crippen molar-refractivity contribution >= 4 is 40.2 Å². The van der Waals surface area contributed by atoms with Crippen LogP contribution in [0.5, 0.6) is 11.5 Å². The number of hydrogen-bond donors (Lipinski definition) is 0. The summed E-state index contributed by atoms with van der Waals surface area (Å²) in [5, 5.41) is 0. The van der Waals surface area contributed by atoms with Crippen LogP contribution >= 0.6 is 0 Å². The summed E-state index contributed by atoms with van der Waals surface area (Å²) in [6, 6.07) is 50.4. The van der Waals surface area contributed by atoms with Gasteiger partial charge < -0.3 is 9.64 Å². The number of nitrogens with zero attached hydrogens (tertiary/aromatic N) is 1. The average Bonchev–Trinajstić information content (AvgIpc) is 3.04. The van der Waals surface area contributed by atoms with Crippen LogP contribution in [0.15, 0.2) is 140 Å². The van der Waals surface area contributed by atoms with Gasteiger partial charge in [-0.15, -0.1) is 0 Å². The van der Waals surface area contributed by atoms with Crippen LogP contribution in [-0.2, 0) is 5.41 Å². The van der Waals surface area contributed by atoms with Crippen molar-refractivity contribution < 1.29 is 4.74 Å². The van der Waals surface area contributed by atoms with Crippen molar-refractivity contribution in [3.63, 3.8) is 0 Å². The lowest BCUT2D eigenvalue weighted by Gasteiger charge is -2.42. The number of para-hydroxylation sites is 3. The van der Waals surface area contributed by atoms with Crippen molar-refractivity contribution in [1.82, 2.24) is 0 Å². The first-order valence-corrected chi connectivity index (χ1v) is 15.1. The zero-order valence-electron chi connectivity index (χ0n) is 24.7. The molecule has 0 unspecified atom stereocenters. The van der Waals surface area contributed by atoms with Gasteiger partial charge in [0.15, 0.2) is 0 Å². The highest BCUT2D eigenvalue weighted by Gasteiger charge is 2.43. The lowest BCUT2D eigenvalue weighted by atomic mass is 9.34. The van der Waals surface area contributed by atoms with Crippen molar-refractivity contribution in [3.8, 4) is 33.8 Å². The van der Waals surface area contributed by atoms with E-state index < -0.39 is 0 Å². The Morgan fingerprint density at radius 1 is 0.535 bits per heavy atom. The van der Waals surface area contributed by atoms with E-state index >= 15 is 0 Å². The molecule has 0 bridgehead atoms. The predicted octanol–water partition coefficient (Wildman–Crippen LogP) is 8.72. The molecular formula is C40H32BNO. The van der Waals surface area contributed by atoms with Crippen LogP contribution in [0.4, 0.5) is 17.1 Å². The Labute approximate surface area is 254 Å². The van der Waals surface area contributed by atoms with E-state index in [0.717, 1.165) is 11.5 Å². The Hall–Kier alpha value is -5.02. The highest BCUT2D eigenvalue weighted by Crippen LogP contribution is 2.49. The SMILES string of the molecule is CC(C)(C)c1cc2c3c(c1)N(c1c(-c4ccccc4)cccc1-c1ccccc1)c1ccccc1B3c1ccccc1O2. The van der Waals surface area contributed by atoms with E-state index in [0.29, 0.717) is 0 Å². The van der Waals surface area contributed by atoms with E-state index in [1.807, 2.05) is 0 Å². The van der Waals surface area contributed by atoms with Gasteiger partial charge in [0.25, 0.3) is 6.71 Å². The van der Waals surface area contributed by atoms with Crippen molar-refractivity contribution in [2.24, 2.45) is 0 Å². The molecule has 6 aromatic rings.